The highest BCUT2D eigenvalue weighted by molar-refractivity contribution is 9.09. The van der Waals surface area contributed by atoms with Crippen LogP contribution in [0, 0.1) is 11.8 Å². The van der Waals surface area contributed by atoms with Gasteiger partial charge in [0, 0.05) is 9.85 Å². The largest absolute Gasteiger partial charge is 0.0881 e. The van der Waals surface area contributed by atoms with Gasteiger partial charge < -0.3 is 0 Å². The molecule has 2 unspecified atom stereocenters. The average molecular weight is 302 g/mol. The lowest BCUT2D eigenvalue weighted by molar-refractivity contribution is 0.485. The number of rotatable bonds is 4. The van der Waals surface area contributed by atoms with Crippen molar-refractivity contribution in [1.82, 2.24) is 0 Å². The summed E-state index contributed by atoms with van der Waals surface area (Å²) in [6, 6.07) is 8.38. The quantitative estimate of drug-likeness (QED) is 0.666. The molecule has 1 aliphatic rings. The summed E-state index contributed by atoms with van der Waals surface area (Å²) in [5.41, 5.74) is 1.43. The maximum absolute atomic E-state index is 5.94. The molecule has 0 amide bonds. The Balaban J connectivity index is 2.22. The molecule has 1 aromatic carbocycles. The van der Waals surface area contributed by atoms with E-state index < -0.39 is 0 Å². The van der Waals surface area contributed by atoms with Gasteiger partial charge in [0.1, 0.15) is 0 Å². The summed E-state index contributed by atoms with van der Waals surface area (Å²) in [6.45, 7) is 4.56. The molecular formula is C14H18BrCl. The zero-order valence-electron chi connectivity index (χ0n) is 9.79. The van der Waals surface area contributed by atoms with E-state index in [1.807, 2.05) is 12.1 Å². The molecule has 0 aliphatic heterocycles. The van der Waals surface area contributed by atoms with E-state index in [4.69, 9.17) is 11.6 Å². The zero-order chi connectivity index (χ0) is 11.7. The van der Waals surface area contributed by atoms with Gasteiger partial charge in [-0.25, -0.2) is 0 Å². The first kappa shape index (κ1) is 12.4. The molecule has 0 N–H and O–H groups in total. The molecule has 0 heterocycles. The second kappa shape index (κ2) is 5.10. The van der Waals surface area contributed by atoms with Crippen LogP contribution in [0.3, 0.4) is 0 Å². The molecule has 2 atom stereocenters. The average Bonchev–Trinajstić information content (AvgIpc) is 3.05. The second-order valence-corrected chi connectivity index (χ2v) is 6.60. The van der Waals surface area contributed by atoms with Gasteiger partial charge in [-0.1, -0.05) is 53.5 Å². The van der Waals surface area contributed by atoms with Crippen LogP contribution in [0.15, 0.2) is 24.3 Å². The van der Waals surface area contributed by atoms with Gasteiger partial charge in [-0.3, -0.25) is 0 Å². The Morgan fingerprint density at radius 2 is 1.75 bits per heavy atom. The zero-order valence-corrected chi connectivity index (χ0v) is 12.1. The third kappa shape index (κ3) is 2.81. The summed E-state index contributed by atoms with van der Waals surface area (Å²) in [5.74, 6) is 2.19. The number of alkyl halides is 1. The molecule has 0 spiro atoms. The highest BCUT2D eigenvalue weighted by Gasteiger charge is 2.37. The van der Waals surface area contributed by atoms with E-state index in [0.717, 1.165) is 10.9 Å². The van der Waals surface area contributed by atoms with Crippen molar-refractivity contribution in [2.75, 3.05) is 0 Å². The van der Waals surface area contributed by atoms with E-state index in [9.17, 15) is 0 Å². The predicted molar refractivity (Wildman–Crippen MR) is 74.5 cm³/mol. The summed E-state index contributed by atoms with van der Waals surface area (Å²) in [4.78, 5) is 0.571. The van der Waals surface area contributed by atoms with Crippen molar-refractivity contribution in [2.45, 2.75) is 37.4 Å². The fraction of sp³-hybridized carbons (Fsp3) is 0.571. The molecule has 16 heavy (non-hydrogen) atoms. The van der Waals surface area contributed by atoms with Gasteiger partial charge in [0.15, 0.2) is 0 Å². The van der Waals surface area contributed by atoms with Crippen LogP contribution in [-0.4, -0.2) is 4.83 Å². The van der Waals surface area contributed by atoms with E-state index in [0.29, 0.717) is 16.7 Å². The van der Waals surface area contributed by atoms with Crippen LogP contribution >= 0.6 is 27.5 Å². The van der Waals surface area contributed by atoms with Gasteiger partial charge in [-0.2, -0.15) is 0 Å². The maximum atomic E-state index is 5.94. The van der Waals surface area contributed by atoms with Crippen LogP contribution < -0.4 is 0 Å². The lowest BCUT2D eigenvalue weighted by atomic mass is 9.86. The third-order valence-corrected chi connectivity index (χ3v) is 5.24. The van der Waals surface area contributed by atoms with E-state index >= 15 is 0 Å². The summed E-state index contributed by atoms with van der Waals surface area (Å²) >= 11 is 9.81. The molecule has 0 nitrogen and oxygen atoms in total. The van der Waals surface area contributed by atoms with Gasteiger partial charge in [0.05, 0.1) is 0 Å². The smallest absolute Gasteiger partial charge is 0.0406 e. The number of halogens is 2. The van der Waals surface area contributed by atoms with Gasteiger partial charge in [0.25, 0.3) is 0 Å². The Labute approximate surface area is 112 Å². The van der Waals surface area contributed by atoms with Gasteiger partial charge in [-0.05, 0) is 48.3 Å². The molecule has 2 heteroatoms. The van der Waals surface area contributed by atoms with Crippen molar-refractivity contribution < 1.29 is 0 Å². The predicted octanol–water partition coefficient (Wildman–Crippen LogP) is 5.25. The van der Waals surface area contributed by atoms with Crippen molar-refractivity contribution in [2.24, 2.45) is 11.8 Å². The first-order chi connectivity index (χ1) is 7.59. The first-order valence-electron chi connectivity index (χ1n) is 5.99. The number of hydrogen-bond acceptors (Lipinski definition) is 0. The van der Waals surface area contributed by atoms with E-state index in [2.05, 4.69) is 41.9 Å². The van der Waals surface area contributed by atoms with Crippen molar-refractivity contribution >= 4 is 27.5 Å². The summed E-state index contributed by atoms with van der Waals surface area (Å²) in [7, 11) is 0. The normalized spacial score (nSPS) is 19.8. The lowest BCUT2D eigenvalue weighted by Gasteiger charge is -2.26. The molecule has 0 saturated heterocycles. The monoisotopic (exact) mass is 300 g/mol. The topological polar surface area (TPSA) is 0 Å². The fourth-order valence-electron chi connectivity index (χ4n) is 2.27. The van der Waals surface area contributed by atoms with Crippen molar-refractivity contribution in [3.63, 3.8) is 0 Å². The first-order valence-corrected chi connectivity index (χ1v) is 7.28. The second-order valence-electron chi connectivity index (χ2n) is 5.10. The number of hydrogen-bond donors (Lipinski definition) is 0. The minimum absolute atomic E-state index is 0.571. The molecule has 1 fully saturated rings. The number of benzene rings is 1. The Kier molecular flexibility index (Phi) is 3.97. The van der Waals surface area contributed by atoms with Gasteiger partial charge >= 0.3 is 0 Å². The van der Waals surface area contributed by atoms with Crippen molar-refractivity contribution in [3.8, 4) is 0 Å². The van der Waals surface area contributed by atoms with Crippen LogP contribution in [0.25, 0.3) is 0 Å². The van der Waals surface area contributed by atoms with Crippen LogP contribution in [0.5, 0.6) is 0 Å². The highest BCUT2D eigenvalue weighted by Crippen LogP contribution is 2.48. The summed E-state index contributed by atoms with van der Waals surface area (Å²) < 4.78 is 0. The SMILES string of the molecule is CC(C)C(Br)C(c1ccc(Cl)cc1)C1CC1. The van der Waals surface area contributed by atoms with Crippen LogP contribution in [0.1, 0.15) is 38.2 Å². The molecule has 0 radical (unpaired) electrons. The van der Waals surface area contributed by atoms with Gasteiger partial charge in [-0.15, -0.1) is 0 Å². The minimum atomic E-state index is 0.571. The van der Waals surface area contributed by atoms with Crippen LogP contribution in [0.2, 0.25) is 5.02 Å². The Morgan fingerprint density at radius 1 is 1.19 bits per heavy atom. The molecule has 0 aromatic heterocycles. The molecule has 1 aliphatic carbocycles. The summed E-state index contributed by atoms with van der Waals surface area (Å²) in [5, 5.41) is 0.828. The third-order valence-electron chi connectivity index (χ3n) is 3.36. The molecule has 2 rings (SSSR count). The fourth-order valence-corrected chi connectivity index (χ4v) is 3.13. The lowest BCUT2D eigenvalue weighted by Crippen LogP contribution is -2.20. The van der Waals surface area contributed by atoms with Crippen molar-refractivity contribution in [3.05, 3.63) is 34.9 Å². The Bertz CT molecular complexity index is 340. The molecule has 88 valence electrons. The Morgan fingerprint density at radius 3 is 2.19 bits per heavy atom. The van der Waals surface area contributed by atoms with Crippen molar-refractivity contribution in [1.29, 1.82) is 0 Å². The molecule has 0 bridgehead atoms. The van der Waals surface area contributed by atoms with E-state index in [-0.39, 0.29) is 0 Å². The van der Waals surface area contributed by atoms with E-state index in [1.165, 1.54) is 18.4 Å². The van der Waals surface area contributed by atoms with Gasteiger partial charge in [0.2, 0.25) is 0 Å². The van der Waals surface area contributed by atoms with Crippen LogP contribution in [0.4, 0.5) is 0 Å². The Hall–Kier alpha value is -0.0100. The van der Waals surface area contributed by atoms with E-state index in [1.54, 1.807) is 0 Å². The maximum Gasteiger partial charge on any atom is 0.0406 e. The standard InChI is InChI=1S/C14H18BrCl/c1-9(2)14(15)13(10-3-4-10)11-5-7-12(16)8-6-11/h5-10,13-14H,3-4H2,1-2H3. The minimum Gasteiger partial charge on any atom is -0.0881 e. The molecular weight excluding hydrogens is 284 g/mol. The molecule has 1 saturated carbocycles. The molecule has 1 aromatic rings. The summed E-state index contributed by atoms with van der Waals surface area (Å²) in [6.07, 6.45) is 2.75. The van der Waals surface area contributed by atoms with Crippen LogP contribution in [-0.2, 0) is 0 Å². The highest BCUT2D eigenvalue weighted by atomic mass is 79.9.